The molecule has 8 heteroatoms. The molecule has 1 aliphatic rings. The number of carboxylic acids is 1. The van der Waals surface area contributed by atoms with Gasteiger partial charge < -0.3 is 19.5 Å². The van der Waals surface area contributed by atoms with Crippen molar-refractivity contribution in [3.63, 3.8) is 0 Å². The highest BCUT2D eigenvalue weighted by atomic mass is 35.5. The molecule has 4 aromatic carbocycles. The van der Waals surface area contributed by atoms with Crippen molar-refractivity contribution in [2.45, 2.75) is 31.3 Å². The van der Waals surface area contributed by atoms with Crippen molar-refractivity contribution in [2.75, 3.05) is 14.2 Å². The molecular weight excluding hydrogens is 566 g/mol. The third-order valence-electron chi connectivity index (χ3n) is 8.37. The third kappa shape index (κ3) is 5.25. The second-order valence-electron chi connectivity index (χ2n) is 10.8. The van der Waals surface area contributed by atoms with Crippen molar-refractivity contribution < 1.29 is 29.0 Å². The van der Waals surface area contributed by atoms with Gasteiger partial charge in [0.15, 0.2) is 17.3 Å². The van der Waals surface area contributed by atoms with Gasteiger partial charge in [-0.2, -0.15) is 0 Å². The smallest absolute Gasteiger partial charge is 0.330 e. The summed E-state index contributed by atoms with van der Waals surface area (Å²) in [5, 5.41) is 11.5. The number of ether oxygens (including phenoxy) is 2. The van der Waals surface area contributed by atoms with Crippen LogP contribution in [0, 0.1) is 12.8 Å². The molecule has 0 aromatic heterocycles. The summed E-state index contributed by atoms with van der Waals surface area (Å²) in [5.41, 5.74) is 1.01. The molecule has 5 rings (SSSR count). The quantitative estimate of drug-likeness (QED) is 0.220. The summed E-state index contributed by atoms with van der Waals surface area (Å²) in [7, 11) is 2.95. The molecule has 0 aliphatic carbocycles. The number of likely N-dealkylation sites (tertiary alicyclic amines) is 1. The van der Waals surface area contributed by atoms with Crippen molar-refractivity contribution in [1.29, 1.82) is 0 Å². The molecule has 1 saturated heterocycles. The first-order valence-electron chi connectivity index (χ1n) is 13.8. The van der Waals surface area contributed by atoms with E-state index in [2.05, 4.69) is 0 Å². The Hall–Kier alpha value is -4.62. The Morgan fingerprint density at radius 2 is 1.40 bits per heavy atom. The molecule has 1 amide bonds. The summed E-state index contributed by atoms with van der Waals surface area (Å²) in [5.74, 6) is -3.18. The van der Waals surface area contributed by atoms with E-state index in [0.29, 0.717) is 33.2 Å². The highest BCUT2D eigenvalue weighted by Gasteiger charge is 2.65. The van der Waals surface area contributed by atoms with Crippen LogP contribution in [-0.2, 0) is 4.79 Å². The molecule has 1 aliphatic heterocycles. The van der Waals surface area contributed by atoms with E-state index >= 15 is 0 Å². The molecule has 4 aromatic rings. The molecule has 220 valence electrons. The minimum absolute atomic E-state index is 0.199. The van der Waals surface area contributed by atoms with Gasteiger partial charge in [0.25, 0.3) is 5.91 Å². The number of carbonyl (C=O) groups excluding carboxylic acids is 2. The molecule has 4 unspecified atom stereocenters. The average Bonchev–Trinajstić information content (AvgIpc) is 3.31. The topological polar surface area (TPSA) is 93.1 Å². The predicted octanol–water partition coefficient (Wildman–Crippen LogP) is 6.99. The highest BCUT2D eigenvalue weighted by molar-refractivity contribution is 6.30. The van der Waals surface area contributed by atoms with Crippen LogP contribution >= 0.6 is 11.6 Å². The highest BCUT2D eigenvalue weighted by Crippen LogP contribution is 2.57. The number of rotatable bonds is 8. The van der Waals surface area contributed by atoms with Crippen LogP contribution in [0.4, 0.5) is 0 Å². The first-order chi connectivity index (χ1) is 20.6. The third-order valence-corrected chi connectivity index (χ3v) is 8.63. The summed E-state index contributed by atoms with van der Waals surface area (Å²) < 4.78 is 10.8. The Morgan fingerprint density at radius 3 is 1.98 bits per heavy atom. The van der Waals surface area contributed by atoms with E-state index in [9.17, 15) is 19.5 Å². The number of hydrogen-bond donors (Lipinski definition) is 1. The Balaban J connectivity index is 1.81. The maximum Gasteiger partial charge on any atom is 0.330 e. The number of halogens is 1. The largest absolute Gasteiger partial charge is 0.493 e. The first-order valence-corrected chi connectivity index (χ1v) is 14.2. The van der Waals surface area contributed by atoms with Crippen molar-refractivity contribution in [3.05, 3.63) is 130 Å². The number of carbonyl (C=O) groups is 3. The number of Topliss-reactive ketones (excluding diaryl/α,β-unsaturated/α-hetero) is 1. The Bertz CT molecular complexity index is 1650. The summed E-state index contributed by atoms with van der Waals surface area (Å²) in [6.45, 7) is 3.46. The Labute approximate surface area is 255 Å². The van der Waals surface area contributed by atoms with Crippen LogP contribution in [0.3, 0.4) is 0 Å². The van der Waals surface area contributed by atoms with Crippen LogP contribution in [0.15, 0.2) is 97.1 Å². The van der Waals surface area contributed by atoms with Crippen molar-refractivity contribution in [2.24, 2.45) is 5.92 Å². The monoisotopic (exact) mass is 597 g/mol. The normalized spacial score (nSPS) is 21.3. The lowest BCUT2D eigenvalue weighted by Gasteiger charge is -2.38. The molecule has 0 saturated carbocycles. The summed E-state index contributed by atoms with van der Waals surface area (Å²) in [6.07, 6.45) is 0. The van der Waals surface area contributed by atoms with E-state index in [0.717, 1.165) is 5.56 Å². The number of aryl methyl sites for hydroxylation is 1. The number of amides is 1. The molecule has 1 heterocycles. The van der Waals surface area contributed by atoms with E-state index in [1.807, 2.05) is 37.3 Å². The Kier molecular flexibility index (Phi) is 8.29. The number of carboxylic acid groups (broad SMARTS) is 1. The van der Waals surface area contributed by atoms with Crippen LogP contribution in [0.5, 0.6) is 11.5 Å². The number of benzene rings is 4. The average molecular weight is 598 g/mol. The SMILES string of the molecule is COc1ccc(C(=O)N2C(c3ccc(C)cc3)C(C(=O)c3ccccc3)C(c3ccc(Cl)cc3)C2(C)C(=O)O)cc1OC. The number of ketones is 1. The zero-order valence-corrected chi connectivity index (χ0v) is 25.0. The molecule has 4 atom stereocenters. The lowest BCUT2D eigenvalue weighted by atomic mass is 9.71. The molecule has 7 nitrogen and oxygen atoms in total. The van der Waals surface area contributed by atoms with E-state index in [1.54, 1.807) is 60.7 Å². The zero-order valence-electron chi connectivity index (χ0n) is 24.3. The van der Waals surface area contributed by atoms with E-state index < -0.39 is 35.3 Å². The molecule has 0 bridgehead atoms. The fraction of sp³-hybridized carbons (Fsp3) is 0.229. The lowest BCUT2D eigenvalue weighted by Crippen LogP contribution is -2.54. The molecule has 0 radical (unpaired) electrons. The van der Waals surface area contributed by atoms with Gasteiger partial charge in [-0.05, 0) is 55.3 Å². The first kappa shape index (κ1) is 29.9. The predicted molar refractivity (Wildman–Crippen MR) is 164 cm³/mol. The lowest BCUT2D eigenvalue weighted by molar-refractivity contribution is -0.148. The molecule has 0 spiro atoms. The zero-order chi connectivity index (χ0) is 30.9. The minimum atomic E-state index is -1.84. The Morgan fingerprint density at radius 1 is 0.791 bits per heavy atom. The van der Waals surface area contributed by atoms with Gasteiger partial charge in [0.1, 0.15) is 5.54 Å². The fourth-order valence-corrected chi connectivity index (χ4v) is 6.35. The van der Waals surface area contributed by atoms with Gasteiger partial charge in [-0.1, -0.05) is 83.9 Å². The molecule has 43 heavy (non-hydrogen) atoms. The van der Waals surface area contributed by atoms with Gasteiger partial charge in [-0.3, -0.25) is 9.59 Å². The molecular formula is C35H32ClNO6. The number of hydrogen-bond acceptors (Lipinski definition) is 5. The van der Waals surface area contributed by atoms with Crippen LogP contribution in [0.25, 0.3) is 0 Å². The van der Waals surface area contributed by atoms with Crippen LogP contribution < -0.4 is 9.47 Å². The summed E-state index contributed by atoms with van der Waals surface area (Å²) in [6, 6.07) is 26.9. The van der Waals surface area contributed by atoms with E-state index in [4.69, 9.17) is 21.1 Å². The van der Waals surface area contributed by atoms with Gasteiger partial charge in [0.2, 0.25) is 0 Å². The number of aliphatic carboxylic acids is 1. The van der Waals surface area contributed by atoms with Crippen molar-refractivity contribution in [3.8, 4) is 11.5 Å². The molecule has 1 N–H and O–H groups in total. The fourth-order valence-electron chi connectivity index (χ4n) is 6.22. The maximum atomic E-state index is 14.7. The van der Waals surface area contributed by atoms with Gasteiger partial charge in [-0.15, -0.1) is 0 Å². The van der Waals surface area contributed by atoms with Crippen LogP contribution in [-0.4, -0.2) is 47.4 Å². The van der Waals surface area contributed by atoms with Gasteiger partial charge in [0.05, 0.1) is 26.2 Å². The van der Waals surface area contributed by atoms with Crippen molar-refractivity contribution in [1.82, 2.24) is 4.90 Å². The van der Waals surface area contributed by atoms with Crippen LogP contribution in [0.1, 0.15) is 56.3 Å². The second-order valence-corrected chi connectivity index (χ2v) is 11.3. The van der Waals surface area contributed by atoms with Crippen LogP contribution in [0.2, 0.25) is 5.02 Å². The van der Waals surface area contributed by atoms with E-state index in [-0.39, 0.29) is 11.3 Å². The van der Waals surface area contributed by atoms with Gasteiger partial charge in [0, 0.05) is 22.1 Å². The summed E-state index contributed by atoms with van der Waals surface area (Å²) in [4.78, 5) is 44.1. The summed E-state index contributed by atoms with van der Waals surface area (Å²) >= 11 is 6.23. The number of methoxy groups -OCH3 is 2. The second kappa shape index (κ2) is 11.9. The molecule has 1 fully saturated rings. The van der Waals surface area contributed by atoms with Gasteiger partial charge in [-0.25, -0.2) is 4.79 Å². The standard InChI is InChI=1S/C35H32ClNO6/c1-21-10-12-23(13-11-21)31-29(32(38)24-8-6-5-7-9-24)30(22-14-17-26(36)18-15-22)35(2,34(40)41)37(31)33(39)25-16-19-27(42-3)28(20-25)43-4/h5-20,29-31H,1-4H3,(H,40,41). The van der Waals surface area contributed by atoms with E-state index in [1.165, 1.54) is 32.1 Å². The minimum Gasteiger partial charge on any atom is -0.493 e. The maximum absolute atomic E-state index is 14.7. The van der Waals surface area contributed by atoms with Gasteiger partial charge >= 0.3 is 5.97 Å². The number of nitrogens with zero attached hydrogens (tertiary/aromatic N) is 1. The van der Waals surface area contributed by atoms with Crippen molar-refractivity contribution >= 4 is 29.3 Å².